The first kappa shape index (κ1) is 12.6. The van der Waals surface area contributed by atoms with Crippen LogP contribution in [-0.4, -0.2) is 41.3 Å². The first-order chi connectivity index (χ1) is 8.49. The minimum atomic E-state index is -0.492. The summed E-state index contributed by atoms with van der Waals surface area (Å²) in [6.07, 6.45) is 1.92. The number of nitrogen functional groups attached to an aromatic ring is 1. The van der Waals surface area contributed by atoms with E-state index in [9.17, 15) is 9.59 Å². The Hall–Kier alpha value is -1.82. The zero-order valence-electron chi connectivity index (χ0n) is 9.81. The van der Waals surface area contributed by atoms with Gasteiger partial charge in [0.05, 0.1) is 17.4 Å². The number of rotatable bonds is 2. The summed E-state index contributed by atoms with van der Waals surface area (Å²) in [5.74, 6) is -0.507. The summed E-state index contributed by atoms with van der Waals surface area (Å²) in [7, 11) is 1.70. The number of halogens is 1. The normalized spacial score (nSPS) is 19.1. The summed E-state index contributed by atoms with van der Waals surface area (Å²) in [6, 6.07) is 0.892. The molecule has 1 fully saturated rings. The van der Waals surface area contributed by atoms with Gasteiger partial charge in [-0.25, -0.2) is 4.98 Å². The highest BCUT2D eigenvalue weighted by atomic mass is 35.5. The lowest BCUT2D eigenvalue weighted by molar-refractivity contribution is -0.128. The highest BCUT2D eigenvalue weighted by molar-refractivity contribution is 6.29. The van der Waals surface area contributed by atoms with Gasteiger partial charge in [0.2, 0.25) is 5.91 Å². The van der Waals surface area contributed by atoms with Crippen molar-refractivity contribution >= 4 is 29.1 Å². The van der Waals surface area contributed by atoms with Gasteiger partial charge < -0.3 is 16.0 Å². The zero-order chi connectivity index (χ0) is 13.3. The predicted octanol–water partition coefficient (Wildman–Crippen LogP) is 0.278. The molecule has 3 N–H and O–H groups in total. The van der Waals surface area contributed by atoms with Gasteiger partial charge in [-0.1, -0.05) is 11.6 Å². The van der Waals surface area contributed by atoms with Crippen LogP contribution < -0.4 is 11.1 Å². The molecule has 0 aromatic carbocycles. The molecule has 1 aliphatic heterocycles. The first-order valence-electron chi connectivity index (χ1n) is 5.46. The molecule has 1 saturated heterocycles. The third-order valence-corrected chi connectivity index (χ3v) is 3.09. The number of likely N-dealkylation sites (tertiary alicyclic amines) is 1. The Kier molecular flexibility index (Phi) is 3.38. The van der Waals surface area contributed by atoms with Gasteiger partial charge in [0.1, 0.15) is 11.2 Å². The number of nitrogens with one attached hydrogen (secondary N) is 1. The molecular weight excluding hydrogens is 256 g/mol. The summed E-state index contributed by atoms with van der Waals surface area (Å²) >= 11 is 5.71. The number of pyridine rings is 1. The fourth-order valence-electron chi connectivity index (χ4n) is 1.83. The van der Waals surface area contributed by atoms with Gasteiger partial charge in [0.25, 0.3) is 5.91 Å². The number of hydrogen-bond donors (Lipinski definition) is 2. The maximum atomic E-state index is 12.0. The summed E-state index contributed by atoms with van der Waals surface area (Å²) in [4.78, 5) is 29.0. The van der Waals surface area contributed by atoms with E-state index in [0.717, 1.165) is 0 Å². The summed E-state index contributed by atoms with van der Waals surface area (Å²) in [6.45, 7) is 0.635. The summed E-state index contributed by atoms with van der Waals surface area (Å²) in [5, 5.41) is 2.83. The van der Waals surface area contributed by atoms with Gasteiger partial charge in [-0.3, -0.25) is 9.59 Å². The molecule has 1 aromatic rings. The number of carbonyl (C=O) groups is 2. The highest BCUT2D eigenvalue weighted by Crippen LogP contribution is 2.16. The Morgan fingerprint density at radius 2 is 2.39 bits per heavy atom. The molecule has 0 bridgehead atoms. The van der Waals surface area contributed by atoms with E-state index < -0.39 is 11.9 Å². The number of aromatic nitrogens is 1. The van der Waals surface area contributed by atoms with Crippen molar-refractivity contribution in [2.75, 3.05) is 19.3 Å². The van der Waals surface area contributed by atoms with Crippen molar-refractivity contribution in [1.29, 1.82) is 0 Å². The van der Waals surface area contributed by atoms with Crippen LogP contribution in [0.3, 0.4) is 0 Å². The Bertz CT molecular complexity index is 506. The van der Waals surface area contributed by atoms with Crippen LogP contribution >= 0.6 is 11.6 Å². The minimum absolute atomic E-state index is 0.0953. The Balaban J connectivity index is 2.13. The molecule has 2 amide bonds. The second kappa shape index (κ2) is 4.81. The van der Waals surface area contributed by atoms with E-state index in [1.54, 1.807) is 11.9 Å². The quantitative estimate of drug-likeness (QED) is 0.754. The van der Waals surface area contributed by atoms with Gasteiger partial charge >= 0.3 is 0 Å². The summed E-state index contributed by atoms with van der Waals surface area (Å²) < 4.78 is 0. The molecule has 0 radical (unpaired) electrons. The monoisotopic (exact) mass is 268 g/mol. The number of likely N-dealkylation sites (N-methyl/N-ethyl adjacent to an activating group) is 1. The molecule has 1 aromatic heterocycles. The predicted molar refractivity (Wildman–Crippen MR) is 67.2 cm³/mol. The number of anilines is 1. The maximum absolute atomic E-state index is 12.0. The van der Waals surface area contributed by atoms with Crippen LogP contribution in [0.5, 0.6) is 0 Å². The SMILES string of the molecule is CN1CCC(NC(=O)c2cc(Cl)ncc2N)C1=O. The standard InChI is InChI=1S/C11H13ClN4O2/c1-16-3-2-8(11(16)18)15-10(17)6-4-9(12)14-5-7(6)13/h4-5,8H,2-3,13H2,1H3,(H,15,17). The van der Waals surface area contributed by atoms with E-state index in [4.69, 9.17) is 17.3 Å². The Labute approximate surface area is 109 Å². The molecule has 1 unspecified atom stereocenters. The fourth-order valence-corrected chi connectivity index (χ4v) is 1.99. The Morgan fingerprint density at radius 3 is 3.00 bits per heavy atom. The molecule has 7 heteroatoms. The first-order valence-corrected chi connectivity index (χ1v) is 5.83. The number of carbonyl (C=O) groups excluding carboxylic acids is 2. The molecule has 1 aliphatic rings. The molecule has 2 rings (SSSR count). The Morgan fingerprint density at radius 1 is 1.67 bits per heavy atom. The van der Waals surface area contributed by atoms with E-state index >= 15 is 0 Å². The molecule has 18 heavy (non-hydrogen) atoms. The zero-order valence-corrected chi connectivity index (χ0v) is 10.6. The van der Waals surface area contributed by atoms with Crippen molar-refractivity contribution in [3.8, 4) is 0 Å². The summed E-state index contributed by atoms with van der Waals surface area (Å²) in [5.41, 5.74) is 6.12. The third-order valence-electron chi connectivity index (χ3n) is 2.88. The molecule has 0 aliphatic carbocycles. The van der Waals surface area contributed by atoms with Crippen LogP contribution in [0.4, 0.5) is 5.69 Å². The molecule has 1 atom stereocenters. The lowest BCUT2D eigenvalue weighted by Crippen LogP contribution is -2.40. The van der Waals surface area contributed by atoms with Gasteiger partial charge in [0.15, 0.2) is 0 Å². The lowest BCUT2D eigenvalue weighted by Gasteiger charge is -2.13. The van der Waals surface area contributed by atoms with E-state index in [2.05, 4.69) is 10.3 Å². The van der Waals surface area contributed by atoms with Crippen LogP contribution in [0.25, 0.3) is 0 Å². The van der Waals surface area contributed by atoms with Gasteiger partial charge in [-0.05, 0) is 12.5 Å². The number of amides is 2. The third kappa shape index (κ3) is 2.38. The van der Waals surface area contributed by atoms with Crippen molar-refractivity contribution in [3.05, 3.63) is 23.0 Å². The average Bonchev–Trinajstić information content (AvgIpc) is 2.64. The lowest BCUT2D eigenvalue weighted by atomic mass is 10.2. The molecule has 0 saturated carbocycles. The molecular formula is C11H13ClN4O2. The number of nitrogens with zero attached hydrogens (tertiary/aromatic N) is 2. The molecule has 0 spiro atoms. The van der Waals surface area contributed by atoms with Crippen molar-refractivity contribution < 1.29 is 9.59 Å². The van der Waals surface area contributed by atoms with Crippen molar-refractivity contribution in [2.45, 2.75) is 12.5 Å². The number of nitrogens with two attached hydrogens (primary N) is 1. The fraction of sp³-hybridized carbons (Fsp3) is 0.364. The van der Waals surface area contributed by atoms with Crippen LogP contribution in [0.2, 0.25) is 5.15 Å². The van der Waals surface area contributed by atoms with Gasteiger partial charge in [0, 0.05) is 13.6 Å². The van der Waals surface area contributed by atoms with E-state index in [-0.39, 0.29) is 22.3 Å². The van der Waals surface area contributed by atoms with Gasteiger partial charge in [-0.15, -0.1) is 0 Å². The molecule has 6 nitrogen and oxygen atoms in total. The minimum Gasteiger partial charge on any atom is -0.397 e. The van der Waals surface area contributed by atoms with E-state index in [0.29, 0.717) is 13.0 Å². The van der Waals surface area contributed by atoms with Crippen LogP contribution in [0, 0.1) is 0 Å². The average molecular weight is 269 g/mol. The van der Waals surface area contributed by atoms with Gasteiger partial charge in [-0.2, -0.15) is 0 Å². The smallest absolute Gasteiger partial charge is 0.254 e. The van der Waals surface area contributed by atoms with E-state index in [1.807, 2.05) is 0 Å². The molecule has 2 heterocycles. The van der Waals surface area contributed by atoms with Crippen molar-refractivity contribution in [3.63, 3.8) is 0 Å². The van der Waals surface area contributed by atoms with Crippen molar-refractivity contribution in [1.82, 2.24) is 15.2 Å². The van der Waals surface area contributed by atoms with E-state index in [1.165, 1.54) is 12.3 Å². The number of hydrogen-bond acceptors (Lipinski definition) is 4. The second-order valence-electron chi connectivity index (χ2n) is 4.17. The van der Waals surface area contributed by atoms with Crippen molar-refractivity contribution in [2.24, 2.45) is 0 Å². The van der Waals surface area contributed by atoms with Crippen LogP contribution in [0.15, 0.2) is 12.3 Å². The van der Waals surface area contributed by atoms with Crippen LogP contribution in [-0.2, 0) is 4.79 Å². The highest BCUT2D eigenvalue weighted by Gasteiger charge is 2.30. The topological polar surface area (TPSA) is 88.3 Å². The second-order valence-corrected chi connectivity index (χ2v) is 4.56. The maximum Gasteiger partial charge on any atom is 0.254 e. The largest absolute Gasteiger partial charge is 0.397 e. The molecule has 96 valence electrons. The van der Waals surface area contributed by atoms with Crippen LogP contribution in [0.1, 0.15) is 16.8 Å².